The second kappa shape index (κ2) is 5.42. The van der Waals surface area contributed by atoms with Crippen LogP contribution in [0.5, 0.6) is 5.75 Å². The van der Waals surface area contributed by atoms with Crippen LogP contribution in [0, 0.1) is 0 Å². The van der Waals surface area contributed by atoms with Crippen molar-refractivity contribution < 1.29 is 13.9 Å². The lowest BCUT2D eigenvalue weighted by atomic mass is 10.2. The molecule has 2 heterocycles. The Hall–Kier alpha value is -1.85. The van der Waals surface area contributed by atoms with Crippen LogP contribution in [0.2, 0.25) is 0 Å². The summed E-state index contributed by atoms with van der Waals surface area (Å²) in [6.45, 7) is 2.87. The summed E-state index contributed by atoms with van der Waals surface area (Å²) in [4.78, 5) is 11.2. The smallest absolute Gasteiger partial charge is 0.336 e. The van der Waals surface area contributed by atoms with Crippen molar-refractivity contribution in [1.29, 1.82) is 0 Å². The summed E-state index contributed by atoms with van der Waals surface area (Å²) in [6.07, 6.45) is 0.0622. The fourth-order valence-electron chi connectivity index (χ4n) is 2.05. The zero-order valence-corrected chi connectivity index (χ0v) is 10.4. The number of rotatable bonds is 3. The lowest BCUT2D eigenvalue weighted by Gasteiger charge is -2.23. The van der Waals surface area contributed by atoms with Crippen LogP contribution in [0.25, 0.3) is 11.0 Å². The van der Waals surface area contributed by atoms with Crippen LogP contribution in [0.4, 0.5) is 0 Å². The third kappa shape index (κ3) is 2.94. The third-order valence-corrected chi connectivity index (χ3v) is 3.03. The first-order valence-corrected chi connectivity index (χ1v) is 6.30. The Balaban J connectivity index is 1.72. The fourth-order valence-corrected chi connectivity index (χ4v) is 2.05. The molecule has 3 rings (SSSR count). The van der Waals surface area contributed by atoms with Crippen molar-refractivity contribution in [2.24, 2.45) is 0 Å². The zero-order chi connectivity index (χ0) is 13.1. The Morgan fingerprint density at radius 1 is 1.32 bits per heavy atom. The number of hydrogen-bond donors (Lipinski definition) is 1. The zero-order valence-electron chi connectivity index (χ0n) is 10.4. The lowest BCUT2D eigenvalue weighted by Crippen LogP contribution is -2.41. The lowest BCUT2D eigenvalue weighted by molar-refractivity contribution is 0.000206. The van der Waals surface area contributed by atoms with Gasteiger partial charge in [-0.15, -0.1) is 0 Å². The van der Waals surface area contributed by atoms with Gasteiger partial charge in [0, 0.05) is 30.6 Å². The predicted octanol–water partition coefficient (Wildman–Crippen LogP) is 1.16. The Morgan fingerprint density at radius 2 is 2.21 bits per heavy atom. The molecule has 0 saturated carbocycles. The van der Waals surface area contributed by atoms with Gasteiger partial charge in [0.2, 0.25) is 0 Å². The number of nitrogens with one attached hydrogen (secondary N) is 1. The second-order valence-electron chi connectivity index (χ2n) is 4.46. The Morgan fingerprint density at radius 3 is 3.05 bits per heavy atom. The summed E-state index contributed by atoms with van der Waals surface area (Å²) < 4.78 is 16.3. The standard InChI is InChI=1S/C14H15NO4/c16-14-4-2-10-1-3-11(7-13(10)19-14)18-9-12-8-15-5-6-17-12/h1-4,7,12,15H,5-6,8-9H2. The van der Waals surface area contributed by atoms with Crippen molar-refractivity contribution in [1.82, 2.24) is 5.32 Å². The average Bonchev–Trinajstić information content (AvgIpc) is 2.46. The predicted molar refractivity (Wildman–Crippen MR) is 70.6 cm³/mol. The summed E-state index contributed by atoms with van der Waals surface area (Å²) in [7, 11) is 0. The molecule has 1 N–H and O–H groups in total. The molecule has 5 nitrogen and oxygen atoms in total. The van der Waals surface area contributed by atoms with Gasteiger partial charge in [0.05, 0.1) is 6.61 Å². The highest BCUT2D eigenvalue weighted by Gasteiger charge is 2.14. The highest BCUT2D eigenvalue weighted by atomic mass is 16.5. The molecule has 0 spiro atoms. The van der Waals surface area contributed by atoms with E-state index in [9.17, 15) is 4.79 Å². The van der Waals surface area contributed by atoms with Gasteiger partial charge in [-0.25, -0.2) is 4.79 Å². The van der Waals surface area contributed by atoms with Gasteiger partial charge in [-0.3, -0.25) is 0 Å². The molecule has 5 heteroatoms. The normalized spacial score (nSPS) is 19.5. The molecule has 1 aliphatic heterocycles. The first kappa shape index (κ1) is 12.2. The minimum absolute atomic E-state index is 0.0622. The molecule has 1 unspecified atom stereocenters. The van der Waals surface area contributed by atoms with Gasteiger partial charge >= 0.3 is 5.63 Å². The summed E-state index contributed by atoms with van der Waals surface area (Å²) in [5.74, 6) is 0.677. The Labute approximate surface area is 110 Å². The van der Waals surface area contributed by atoms with Crippen molar-refractivity contribution in [3.8, 4) is 5.75 Å². The van der Waals surface area contributed by atoms with Crippen LogP contribution >= 0.6 is 0 Å². The molecule has 100 valence electrons. The molecule has 1 aliphatic rings. The quantitative estimate of drug-likeness (QED) is 0.840. The molecule has 1 atom stereocenters. The minimum Gasteiger partial charge on any atom is -0.491 e. The van der Waals surface area contributed by atoms with Gasteiger partial charge in [-0.1, -0.05) is 0 Å². The maximum absolute atomic E-state index is 11.2. The van der Waals surface area contributed by atoms with E-state index < -0.39 is 0 Å². The molecule has 1 saturated heterocycles. The van der Waals surface area contributed by atoms with Crippen LogP contribution in [-0.4, -0.2) is 32.4 Å². The fraction of sp³-hybridized carbons (Fsp3) is 0.357. The number of ether oxygens (including phenoxy) is 2. The molecule has 0 radical (unpaired) electrons. The molecule has 1 aromatic carbocycles. The largest absolute Gasteiger partial charge is 0.491 e. The monoisotopic (exact) mass is 261 g/mol. The molecule has 0 bridgehead atoms. The van der Waals surface area contributed by atoms with Gasteiger partial charge in [0.25, 0.3) is 0 Å². The number of morpholine rings is 1. The summed E-state index contributed by atoms with van der Waals surface area (Å²) in [5, 5.41) is 4.12. The van der Waals surface area contributed by atoms with Crippen LogP contribution in [0.1, 0.15) is 0 Å². The van der Waals surface area contributed by atoms with Crippen molar-refractivity contribution in [3.63, 3.8) is 0 Å². The van der Waals surface area contributed by atoms with E-state index in [2.05, 4.69) is 5.32 Å². The average molecular weight is 261 g/mol. The van der Waals surface area contributed by atoms with E-state index in [0.29, 0.717) is 24.5 Å². The van der Waals surface area contributed by atoms with E-state index in [-0.39, 0.29) is 11.7 Å². The minimum atomic E-state index is -0.357. The molecular weight excluding hydrogens is 246 g/mol. The van der Waals surface area contributed by atoms with E-state index in [1.54, 1.807) is 12.1 Å². The number of benzene rings is 1. The van der Waals surface area contributed by atoms with E-state index in [1.165, 1.54) is 6.07 Å². The Bertz CT molecular complexity index is 616. The number of hydrogen-bond acceptors (Lipinski definition) is 5. The van der Waals surface area contributed by atoms with Crippen molar-refractivity contribution in [2.75, 3.05) is 26.3 Å². The highest BCUT2D eigenvalue weighted by molar-refractivity contribution is 5.77. The van der Waals surface area contributed by atoms with Gasteiger partial charge in [0.1, 0.15) is 24.0 Å². The maximum atomic E-state index is 11.2. The van der Waals surface area contributed by atoms with Gasteiger partial charge < -0.3 is 19.2 Å². The van der Waals surface area contributed by atoms with Crippen molar-refractivity contribution in [2.45, 2.75) is 6.10 Å². The third-order valence-electron chi connectivity index (χ3n) is 3.03. The first-order chi connectivity index (χ1) is 9.31. The SMILES string of the molecule is O=c1ccc2ccc(OCC3CNCCO3)cc2o1. The van der Waals surface area contributed by atoms with Crippen LogP contribution in [0.15, 0.2) is 39.5 Å². The van der Waals surface area contributed by atoms with Crippen molar-refractivity contribution >= 4 is 11.0 Å². The topological polar surface area (TPSA) is 60.7 Å². The molecule has 19 heavy (non-hydrogen) atoms. The molecule has 1 aromatic heterocycles. The van der Waals surface area contributed by atoms with E-state index in [1.807, 2.05) is 12.1 Å². The van der Waals surface area contributed by atoms with E-state index >= 15 is 0 Å². The molecular formula is C14H15NO4. The molecule has 2 aromatic rings. The number of fused-ring (bicyclic) bond motifs is 1. The molecule has 1 fully saturated rings. The highest BCUT2D eigenvalue weighted by Crippen LogP contribution is 2.19. The van der Waals surface area contributed by atoms with Crippen LogP contribution in [-0.2, 0) is 4.74 Å². The summed E-state index contributed by atoms with van der Waals surface area (Å²) >= 11 is 0. The van der Waals surface area contributed by atoms with E-state index in [4.69, 9.17) is 13.9 Å². The summed E-state index contributed by atoms with van der Waals surface area (Å²) in [5.41, 5.74) is 0.178. The molecule has 0 aliphatic carbocycles. The second-order valence-corrected chi connectivity index (χ2v) is 4.46. The van der Waals surface area contributed by atoms with Gasteiger partial charge in [0.15, 0.2) is 0 Å². The van der Waals surface area contributed by atoms with Gasteiger partial charge in [-0.05, 0) is 18.2 Å². The van der Waals surface area contributed by atoms with Crippen LogP contribution < -0.4 is 15.7 Å². The van der Waals surface area contributed by atoms with E-state index in [0.717, 1.165) is 18.5 Å². The Kier molecular flexibility index (Phi) is 3.48. The summed E-state index contributed by atoms with van der Waals surface area (Å²) in [6, 6.07) is 8.60. The first-order valence-electron chi connectivity index (χ1n) is 6.30. The van der Waals surface area contributed by atoms with Crippen molar-refractivity contribution in [3.05, 3.63) is 40.8 Å². The molecule has 0 amide bonds. The van der Waals surface area contributed by atoms with Crippen LogP contribution in [0.3, 0.4) is 0 Å². The van der Waals surface area contributed by atoms with Gasteiger partial charge in [-0.2, -0.15) is 0 Å². The maximum Gasteiger partial charge on any atom is 0.336 e.